The van der Waals surface area contributed by atoms with Crippen molar-refractivity contribution >= 4 is 23.4 Å². The number of amides is 1. The third-order valence-electron chi connectivity index (χ3n) is 3.88. The molecule has 5 nitrogen and oxygen atoms in total. The van der Waals surface area contributed by atoms with Gasteiger partial charge >= 0.3 is 6.18 Å². The second-order valence-electron chi connectivity index (χ2n) is 6.09. The first-order valence-electron chi connectivity index (χ1n) is 8.24. The zero-order valence-electron chi connectivity index (χ0n) is 15.9. The maximum absolute atomic E-state index is 13.3. The summed E-state index contributed by atoms with van der Waals surface area (Å²) in [5.74, 6) is 0.362. The van der Waals surface area contributed by atoms with Gasteiger partial charge in [0.25, 0.3) is 0 Å². The van der Waals surface area contributed by atoms with Gasteiger partial charge in [0.1, 0.15) is 11.5 Å². The number of carbonyl (C=O) groups is 1. The number of anilines is 2. The smallest absolute Gasteiger partial charge is 0.418 e. The molecular weight excluding hydrogens is 373 g/mol. The summed E-state index contributed by atoms with van der Waals surface area (Å²) in [4.78, 5) is 13.7. The first-order valence-corrected chi connectivity index (χ1v) is 8.24. The summed E-state index contributed by atoms with van der Waals surface area (Å²) in [7, 11) is 6.26. The SMILES string of the molecule is COc1cc(/C=C/C(=O)Nc2ccc(N(C)C)cc2C(F)(F)F)cc(OC)c1. The molecule has 0 aliphatic carbocycles. The van der Waals surface area contributed by atoms with Crippen LogP contribution in [0.3, 0.4) is 0 Å². The molecule has 1 N–H and O–H groups in total. The van der Waals surface area contributed by atoms with E-state index >= 15 is 0 Å². The lowest BCUT2D eigenvalue weighted by Gasteiger charge is -2.18. The number of rotatable bonds is 6. The predicted octanol–water partition coefficient (Wildman–Crippen LogP) is 4.44. The lowest BCUT2D eigenvalue weighted by atomic mass is 10.1. The topological polar surface area (TPSA) is 50.8 Å². The number of ether oxygens (including phenoxy) is 2. The molecule has 0 unspecified atom stereocenters. The van der Waals surface area contributed by atoms with Crippen LogP contribution in [0.5, 0.6) is 11.5 Å². The molecule has 0 bridgehead atoms. The highest BCUT2D eigenvalue weighted by Crippen LogP contribution is 2.37. The Morgan fingerprint density at radius 2 is 1.64 bits per heavy atom. The first kappa shape index (κ1) is 21.1. The Kier molecular flexibility index (Phi) is 6.56. The molecule has 8 heteroatoms. The molecule has 0 saturated carbocycles. The fraction of sp³-hybridized carbons (Fsp3) is 0.250. The van der Waals surface area contributed by atoms with Crippen LogP contribution in [0, 0.1) is 0 Å². The van der Waals surface area contributed by atoms with Crippen LogP contribution in [0.1, 0.15) is 11.1 Å². The molecule has 1 amide bonds. The van der Waals surface area contributed by atoms with E-state index in [1.165, 1.54) is 32.4 Å². The van der Waals surface area contributed by atoms with Gasteiger partial charge in [0.05, 0.1) is 25.5 Å². The van der Waals surface area contributed by atoms with Crippen LogP contribution in [0.15, 0.2) is 42.5 Å². The van der Waals surface area contributed by atoms with Gasteiger partial charge in [-0.1, -0.05) is 0 Å². The number of hydrogen-bond donors (Lipinski definition) is 1. The quantitative estimate of drug-likeness (QED) is 0.736. The Bertz CT molecular complexity index is 855. The average Bonchev–Trinajstić information content (AvgIpc) is 2.65. The highest BCUT2D eigenvalue weighted by atomic mass is 19.4. The maximum Gasteiger partial charge on any atom is 0.418 e. The molecule has 28 heavy (non-hydrogen) atoms. The minimum Gasteiger partial charge on any atom is -0.497 e. The van der Waals surface area contributed by atoms with Gasteiger partial charge in [-0.25, -0.2) is 0 Å². The number of nitrogens with one attached hydrogen (secondary N) is 1. The fourth-order valence-corrected chi connectivity index (χ4v) is 2.43. The molecule has 0 spiro atoms. The van der Waals surface area contributed by atoms with Crippen LogP contribution in [0.25, 0.3) is 6.08 Å². The van der Waals surface area contributed by atoms with E-state index in [1.807, 2.05) is 0 Å². The number of nitrogens with zero attached hydrogens (tertiary/aromatic N) is 1. The molecule has 2 aromatic carbocycles. The number of alkyl halides is 3. The van der Waals surface area contributed by atoms with E-state index in [1.54, 1.807) is 37.2 Å². The lowest BCUT2D eigenvalue weighted by Crippen LogP contribution is -2.16. The minimum absolute atomic E-state index is 0.309. The van der Waals surface area contributed by atoms with Crippen molar-refractivity contribution in [3.8, 4) is 11.5 Å². The van der Waals surface area contributed by atoms with E-state index in [0.717, 1.165) is 12.1 Å². The Morgan fingerprint density at radius 1 is 1.04 bits per heavy atom. The van der Waals surface area contributed by atoms with Crippen LogP contribution in [-0.2, 0) is 11.0 Å². The number of carbonyl (C=O) groups excluding carboxylic acids is 1. The number of methoxy groups -OCH3 is 2. The van der Waals surface area contributed by atoms with E-state index in [9.17, 15) is 18.0 Å². The molecule has 2 rings (SSSR count). The second kappa shape index (κ2) is 8.69. The number of hydrogen-bond acceptors (Lipinski definition) is 4. The van der Waals surface area contributed by atoms with Gasteiger partial charge in [0.2, 0.25) is 5.91 Å². The van der Waals surface area contributed by atoms with Crippen molar-refractivity contribution in [1.82, 2.24) is 0 Å². The highest BCUT2D eigenvalue weighted by Gasteiger charge is 2.34. The molecule has 0 aliphatic heterocycles. The van der Waals surface area contributed by atoms with Crippen LogP contribution >= 0.6 is 0 Å². The summed E-state index contributed by atoms with van der Waals surface area (Å²) >= 11 is 0. The van der Waals surface area contributed by atoms with E-state index in [0.29, 0.717) is 22.7 Å². The third-order valence-corrected chi connectivity index (χ3v) is 3.88. The zero-order valence-corrected chi connectivity index (χ0v) is 15.9. The summed E-state index contributed by atoms with van der Waals surface area (Å²) in [5.41, 5.74) is -0.242. The summed E-state index contributed by atoms with van der Waals surface area (Å²) in [6.45, 7) is 0. The Hall–Kier alpha value is -3.16. The molecule has 0 fully saturated rings. The van der Waals surface area contributed by atoms with E-state index in [-0.39, 0.29) is 5.69 Å². The van der Waals surface area contributed by atoms with E-state index < -0.39 is 17.6 Å². The molecule has 0 heterocycles. The van der Waals surface area contributed by atoms with E-state index in [4.69, 9.17) is 9.47 Å². The molecule has 0 aliphatic rings. The Balaban J connectivity index is 2.24. The maximum atomic E-state index is 13.3. The van der Waals surface area contributed by atoms with Crippen molar-refractivity contribution in [2.24, 2.45) is 0 Å². The minimum atomic E-state index is -4.60. The van der Waals surface area contributed by atoms with Crippen molar-refractivity contribution in [2.45, 2.75) is 6.18 Å². The van der Waals surface area contributed by atoms with Crippen LogP contribution in [-0.4, -0.2) is 34.2 Å². The van der Waals surface area contributed by atoms with Gasteiger partial charge in [-0.3, -0.25) is 4.79 Å². The van der Waals surface area contributed by atoms with Crippen molar-refractivity contribution in [2.75, 3.05) is 38.5 Å². The molecule has 150 valence electrons. The average molecular weight is 394 g/mol. The second-order valence-corrected chi connectivity index (χ2v) is 6.09. The van der Waals surface area contributed by atoms with Crippen LogP contribution < -0.4 is 19.7 Å². The zero-order chi connectivity index (χ0) is 20.9. The van der Waals surface area contributed by atoms with Gasteiger partial charge in [-0.05, 0) is 42.0 Å². The summed E-state index contributed by atoms with van der Waals surface area (Å²) in [5, 5.41) is 2.28. The van der Waals surface area contributed by atoms with Crippen molar-refractivity contribution < 1.29 is 27.4 Å². The summed E-state index contributed by atoms with van der Waals surface area (Å²) < 4.78 is 50.3. The third kappa shape index (κ3) is 5.42. The molecule has 0 radical (unpaired) electrons. The van der Waals surface area contributed by atoms with Crippen LogP contribution in [0.4, 0.5) is 24.5 Å². The van der Waals surface area contributed by atoms with Crippen molar-refractivity contribution in [1.29, 1.82) is 0 Å². The largest absolute Gasteiger partial charge is 0.497 e. The van der Waals surface area contributed by atoms with Crippen molar-refractivity contribution in [3.63, 3.8) is 0 Å². The normalized spacial score (nSPS) is 11.4. The predicted molar refractivity (Wildman–Crippen MR) is 103 cm³/mol. The molecule has 0 aromatic heterocycles. The molecular formula is C20H21F3N2O3. The molecule has 0 saturated heterocycles. The van der Waals surface area contributed by atoms with Crippen molar-refractivity contribution in [3.05, 3.63) is 53.6 Å². The Morgan fingerprint density at radius 3 is 2.14 bits per heavy atom. The lowest BCUT2D eigenvalue weighted by molar-refractivity contribution is -0.136. The first-order chi connectivity index (χ1) is 13.1. The van der Waals surface area contributed by atoms with Gasteiger partial charge in [-0.15, -0.1) is 0 Å². The van der Waals surface area contributed by atoms with Crippen LogP contribution in [0.2, 0.25) is 0 Å². The monoisotopic (exact) mass is 394 g/mol. The van der Waals surface area contributed by atoms with Gasteiger partial charge in [0, 0.05) is 31.9 Å². The van der Waals surface area contributed by atoms with Gasteiger partial charge in [0.15, 0.2) is 0 Å². The highest BCUT2D eigenvalue weighted by molar-refractivity contribution is 6.02. The number of benzene rings is 2. The van der Waals surface area contributed by atoms with Gasteiger partial charge in [-0.2, -0.15) is 13.2 Å². The van der Waals surface area contributed by atoms with E-state index in [2.05, 4.69) is 5.32 Å². The number of halogens is 3. The Labute approximate surface area is 161 Å². The summed E-state index contributed by atoms with van der Waals surface area (Å²) in [6, 6.07) is 8.73. The molecule has 2 aromatic rings. The summed E-state index contributed by atoms with van der Waals surface area (Å²) in [6.07, 6.45) is -1.99. The molecule has 0 atom stereocenters. The van der Waals surface area contributed by atoms with Gasteiger partial charge < -0.3 is 19.7 Å². The fourth-order valence-electron chi connectivity index (χ4n) is 2.43. The standard InChI is InChI=1S/C20H21F3N2O3/c1-25(2)14-6-7-18(17(11-14)20(21,22)23)24-19(26)8-5-13-9-15(27-3)12-16(10-13)28-4/h5-12H,1-4H3,(H,24,26)/b8-5+.